The summed E-state index contributed by atoms with van der Waals surface area (Å²) >= 11 is 5.89. The van der Waals surface area contributed by atoms with Gasteiger partial charge in [-0.3, -0.25) is 0 Å². The van der Waals surface area contributed by atoms with Gasteiger partial charge in [0.1, 0.15) is 0 Å². The number of aryl methyl sites for hydroxylation is 1. The highest BCUT2D eigenvalue weighted by Crippen LogP contribution is 2.19. The normalized spacial score (nSPS) is 9.40. The van der Waals surface area contributed by atoms with Crippen molar-refractivity contribution in [2.24, 2.45) is 0 Å². The minimum Gasteiger partial charge on any atom is -0.0905 e. The third kappa shape index (κ3) is 1.22. The fourth-order valence-corrected chi connectivity index (χ4v) is 0.977. The Hall–Kier alpha value is -0.750. The van der Waals surface area contributed by atoms with Crippen LogP contribution in [0.3, 0.4) is 0 Å². The Morgan fingerprint density at radius 1 is 1.50 bits per heavy atom. The molecule has 0 aromatic heterocycles. The molecule has 0 N–H and O–H groups in total. The van der Waals surface area contributed by atoms with Crippen molar-refractivity contribution in [3.63, 3.8) is 0 Å². The van der Waals surface area contributed by atoms with Gasteiger partial charge in [-0.05, 0) is 18.6 Å². The maximum Gasteiger partial charge on any atom is 0.0513 e. The summed E-state index contributed by atoms with van der Waals surface area (Å²) in [5.74, 6) is 0. The molecule has 1 aromatic rings. The van der Waals surface area contributed by atoms with Crippen LogP contribution in [-0.4, -0.2) is 0 Å². The Bertz CT molecular complexity index is 251. The first-order valence-electron chi connectivity index (χ1n) is 3.04. The van der Waals surface area contributed by atoms with E-state index in [9.17, 15) is 0 Å². The van der Waals surface area contributed by atoms with Gasteiger partial charge >= 0.3 is 0 Å². The first-order chi connectivity index (χ1) is 4.75. The van der Waals surface area contributed by atoms with E-state index in [-0.39, 0.29) is 0 Å². The Morgan fingerprint density at radius 3 is 2.70 bits per heavy atom. The molecule has 0 unspecified atom stereocenters. The molecular weight excluding hydrogens is 144 g/mol. The third-order valence-corrected chi connectivity index (χ3v) is 1.88. The van der Waals surface area contributed by atoms with Crippen molar-refractivity contribution in [1.82, 2.24) is 0 Å². The number of halogens is 1. The van der Waals surface area contributed by atoms with E-state index in [2.05, 4.69) is 12.7 Å². The molecule has 0 aliphatic rings. The van der Waals surface area contributed by atoms with Crippen molar-refractivity contribution < 1.29 is 0 Å². The van der Waals surface area contributed by atoms with Crippen LogP contribution < -0.4 is 0 Å². The van der Waals surface area contributed by atoms with E-state index in [1.165, 1.54) is 0 Å². The number of hydrogen-bond donors (Lipinski definition) is 0. The highest BCUT2D eigenvalue weighted by Gasteiger charge is 1.96. The van der Waals surface area contributed by atoms with Gasteiger partial charge in [0, 0.05) is 5.56 Å². The average Bonchev–Trinajstić information content (AvgIpc) is 1.95. The van der Waals surface area contributed by atoms with Crippen molar-refractivity contribution in [1.29, 1.82) is 0 Å². The van der Waals surface area contributed by atoms with Gasteiger partial charge in [0.2, 0.25) is 0 Å². The Balaban J connectivity index is 3.27. The molecule has 10 heavy (non-hydrogen) atoms. The first-order valence-corrected chi connectivity index (χ1v) is 3.41. The summed E-state index contributed by atoms with van der Waals surface area (Å²) in [4.78, 5) is 0. The highest BCUT2D eigenvalue weighted by molar-refractivity contribution is 6.32. The van der Waals surface area contributed by atoms with Crippen molar-refractivity contribution in [2.75, 3.05) is 0 Å². The molecule has 0 atom stereocenters. The number of hydrogen-bond acceptors (Lipinski definition) is 0. The highest BCUT2D eigenvalue weighted by atomic mass is 35.5. The molecule has 0 nitrogen and oxygen atoms in total. The Morgan fingerprint density at radius 2 is 2.20 bits per heavy atom. The third-order valence-electron chi connectivity index (χ3n) is 1.38. The summed E-state index contributed by atoms with van der Waals surface area (Å²) in [6, 6.07) is 5.79. The van der Waals surface area contributed by atoms with Crippen molar-refractivity contribution in [3.8, 4) is 0 Å². The number of benzene rings is 1. The minimum absolute atomic E-state index is 0.748. The summed E-state index contributed by atoms with van der Waals surface area (Å²) in [6.45, 7) is 5.48. The maximum absolute atomic E-state index is 5.89. The van der Waals surface area contributed by atoms with Crippen LogP contribution in [0.15, 0.2) is 24.8 Å². The molecule has 1 heteroatoms. The van der Waals surface area contributed by atoms with E-state index < -0.39 is 0 Å². The van der Waals surface area contributed by atoms with Crippen LogP contribution in [-0.2, 0) is 0 Å². The van der Waals surface area contributed by atoms with E-state index in [1.807, 2.05) is 25.1 Å². The topological polar surface area (TPSA) is 0 Å². The van der Waals surface area contributed by atoms with Gasteiger partial charge in [0.25, 0.3) is 0 Å². The summed E-state index contributed by atoms with van der Waals surface area (Å²) < 4.78 is 0. The van der Waals surface area contributed by atoms with Crippen LogP contribution in [0.5, 0.6) is 0 Å². The molecule has 1 aromatic carbocycles. The van der Waals surface area contributed by atoms with Crippen molar-refractivity contribution in [2.45, 2.75) is 6.92 Å². The zero-order valence-corrected chi connectivity index (χ0v) is 6.57. The van der Waals surface area contributed by atoms with Gasteiger partial charge in [0.05, 0.1) is 5.02 Å². The second-order valence-electron chi connectivity index (χ2n) is 2.11. The largest absolute Gasteiger partial charge is 0.0905 e. The van der Waals surface area contributed by atoms with E-state index in [1.54, 1.807) is 0 Å². The van der Waals surface area contributed by atoms with E-state index in [0.717, 1.165) is 16.1 Å². The second-order valence-corrected chi connectivity index (χ2v) is 2.49. The SMILES string of the molecule is C=[C]c1cccc(C)c1Cl. The van der Waals surface area contributed by atoms with Gasteiger partial charge < -0.3 is 0 Å². The molecule has 1 rings (SSSR count). The second kappa shape index (κ2) is 2.89. The zero-order chi connectivity index (χ0) is 7.56. The Labute approximate surface area is 66.1 Å². The van der Waals surface area contributed by atoms with Crippen LogP contribution in [0.25, 0.3) is 0 Å². The van der Waals surface area contributed by atoms with Crippen LogP contribution in [0, 0.1) is 13.0 Å². The van der Waals surface area contributed by atoms with Crippen LogP contribution in [0.4, 0.5) is 0 Å². The summed E-state index contributed by atoms with van der Waals surface area (Å²) in [5, 5.41) is 0.748. The molecule has 0 spiro atoms. The molecular formula is C9H8Cl. The lowest BCUT2D eigenvalue weighted by molar-refractivity contribution is 1.43. The summed E-state index contributed by atoms with van der Waals surface area (Å²) in [5.41, 5.74) is 1.94. The lowest BCUT2D eigenvalue weighted by Crippen LogP contribution is -1.79. The molecule has 0 aliphatic carbocycles. The van der Waals surface area contributed by atoms with Gasteiger partial charge in [-0.25, -0.2) is 0 Å². The summed E-state index contributed by atoms with van der Waals surface area (Å²) in [7, 11) is 0. The van der Waals surface area contributed by atoms with Crippen LogP contribution >= 0.6 is 11.6 Å². The summed E-state index contributed by atoms with van der Waals surface area (Å²) in [6.07, 6.45) is 2.75. The fourth-order valence-electron chi connectivity index (χ4n) is 0.784. The molecule has 1 radical (unpaired) electrons. The van der Waals surface area contributed by atoms with Gasteiger partial charge in [0.15, 0.2) is 0 Å². The molecule has 51 valence electrons. The van der Waals surface area contributed by atoms with Crippen molar-refractivity contribution >= 4 is 11.6 Å². The predicted molar refractivity (Wildman–Crippen MR) is 44.2 cm³/mol. The molecule has 0 heterocycles. The first kappa shape index (κ1) is 7.36. The fraction of sp³-hybridized carbons (Fsp3) is 0.111. The van der Waals surface area contributed by atoms with Crippen LogP contribution in [0.1, 0.15) is 11.1 Å². The molecule has 0 amide bonds. The standard InChI is InChI=1S/C9H8Cl/c1-3-8-6-4-5-7(2)9(8)10/h4-6H,1H2,2H3. The Kier molecular flexibility index (Phi) is 2.13. The molecule has 0 fully saturated rings. The van der Waals surface area contributed by atoms with Gasteiger partial charge in [-0.2, -0.15) is 0 Å². The van der Waals surface area contributed by atoms with Crippen LogP contribution in [0.2, 0.25) is 5.02 Å². The molecule has 0 saturated heterocycles. The van der Waals surface area contributed by atoms with E-state index in [0.29, 0.717) is 0 Å². The lowest BCUT2D eigenvalue weighted by atomic mass is 10.1. The van der Waals surface area contributed by atoms with Crippen molar-refractivity contribution in [3.05, 3.63) is 47.0 Å². The molecule has 0 bridgehead atoms. The maximum atomic E-state index is 5.89. The monoisotopic (exact) mass is 151 g/mol. The van der Waals surface area contributed by atoms with E-state index >= 15 is 0 Å². The average molecular weight is 152 g/mol. The van der Waals surface area contributed by atoms with Gasteiger partial charge in [-0.15, -0.1) is 0 Å². The van der Waals surface area contributed by atoms with E-state index in [4.69, 9.17) is 11.6 Å². The lowest BCUT2D eigenvalue weighted by Gasteiger charge is -1.98. The quantitative estimate of drug-likeness (QED) is 0.579. The van der Waals surface area contributed by atoms with Gasteiger partial charge in [-0.1, -0.05) is 36.4 Å². The molecule has 0 saturated carbocycles. The predicted octanol–water partition coefficient (Wildman–Crippen LogP) is 2.99. The smallest absolute Gasteiger partial charge is 0.0513 e. The molecule has 0 aliphatic heterocycles. The zero-order valence-electron chi connectivity index (χ0n) is 5.82. The minimum atomic E-state index is 0.748. The number of rotatable bonds is 1.